The number of rotatable bonds is 3. The Morgan fingerprint density at radius 3 is 2.62 bits per heavy atom. The van der Waals surface area contributed by atoms with Crippen LogP contribution >= 0.6 is 11.6 Å². The summed E-state index contributed by atoms with van der Waals surface area (Å²) in [4.78, 5) is 0. The Balaban J connectivity index is 1.91. The molecule has 1 aliphatic carbocycles. The summed E-state index contributed by atoms with van der Waals surface area (Å²) in [6, 6.07) is 13.5. The number of nitrogens with two attached hydrogens (primary N) is 1. The molecule has 0 heterocycles. The van der Waals surface area contributed by atoms with Crippen LogP contribution in [0, 0.1) is 11.2 Å². The van der Waals surface area contributed by atoms with Crippen LogP contribution in [0.2, 0.25) is 5.02 Å². The summed E-state index contributed by atoms with van der Waals surface area (Å²) in [6.45, 7) is 0.591. The van der Waals surface area contributed by atoms with Gasteiger partial charge in [-0.15, -0.1) is 0 Å². The fourth-order valence-electron chi connectivity index (χ4n) is 3.35. The van der Waals surface area contributed by atoms with Crippen molar-refractivity contribution in [1.29, 1.82) is 0 Å². The van der Waals surface area contributed by atoms with E-state index in [9.17, 15) is 4.39 Å². The van der Waals surface area contributed by atoms with E-state index in [1.54, 1.807) is 6.07 Å². The maximum Gasteiger partial charge on any atom is 0.142 e. The zero-order chi connectivity index (χ0) is 14.9. The molecule has 0 amide bonds. The molecule has 0 bridgehead atoms. The molecule has 0 radical (unpaired) electrons. The molecule has 2 aromatic carbocycles. The lowest BCUT2D eigenvalue weighted by Crippen LogP contribution is -2.38. The van der Waals surface area contributed by atoms with E-state index in [0.717, 1.165) is 31.2 Å². The van der Waals surface area contributed by atoms with Gasteiger partial charge in [0.2, 0.25) is 0 Å². The lowest BCUT2D eigenvalue weighted by atomic mass is 9.68. The average molecular weight is 304 g/mol. The van der Waals surface area contributed by atoms with Crippen molar-refractivity contribution in [2.45, 2.75) is 25.7 Å². The second-order valence-corrected chi connectivity index (χ2v) is 6.42. The minimum Gasteiger partial charge on any atom is -0.330 e. The highest BCUT2D eigenvalue weighted by Crippen LogP contribution is 2.39. The van der Waals surface area contributed by atoms with Crippen LogP contribution in [0.1, 0.15) is 23.1 Å². The molecule has 1 nitrogen and oxygen atoms in total. The fraction of sp³-hybridized carbons (Fsp3) is 0.333. The standard InChI is InChI=1S/C18H19ClFN/c19-17-15(6-3-7-16(17)20)11-18(12-21)9-8-13-4-1-2-5-14(13)10-18/h1-7H,8-12,21H2. The zero-order valence-electron chi connectivity index (χ0n) is 11.9. The van der Waals surface area contributed by atoms with Gasteiger partial charge in [0.1, 0.15) is 5.82 Å². The van der Waals surface area contributed by atoms with Gasteiger partial charge in [0, 0.05) is 0 Å². The van der Waals surface area contributed by atoms with Crippen LogP contribution in [0.5, 0.6) is 0 Å². The van der Waals surface area contributed by atoms with Crippen LogP contribution in [-0.2, 0) is 19.3 Å². The Morgan fingerprint density at radius 2 is 1.86 bits per heavy atom. The van der Waals surface area contributed by atoms with E-state index in [1.165, 1.54) is 17.2 Å². The molecule has 1 unspecified atom stereocenters. The van der Waals surface area contributed by atoms with E-state index in [0.29, 0.717) is 6.54 Å². The monoisotopic (exact) mass is 303 g/mol. The first-order valence-electron chi connectivity index (χ1n) is 7.33. The van der Waals surface area contributed by atoms with Crippen LogP contribution in [0.25, 0.3) is 0 Å². The van der Waals surface area contributed by atoms with Gasteiger partial charge in [-0.1, -0.05) is 48.0 Å². The summed E-state index contributed by atoms with van der Waals surface area (Å²) < 4.78 is 13.6. The van der Waals surface area contributed by atoms with Gasteiger partial charge in [-0.05, 0) is 60.4 Å². The Labute approximate surface area is 129 Å². The highest BCUT2D eigenvalue weighted by molar-refractivity contribution is 6.31. The molecule has 0 saturated heterocycles. The lowest BCUT2D eigenvalue weighted by molar-refractivity contribution is 0.253. The Hall–Kier alpha value is -1.38. The number of hydrogen-bond donors (Lipinski definition) is 1. The summed E-state index contributed by atoms with van der Waals surface area (Å²) >= 11 is 6.12. The van der Waals surface area contributed by atoms with Gasteiger partial charge in [-0.2, -0.15) is 0 Å². The van der Waals surface area contributed by atoms with Gasteiger partial charge in [-0.3, -0.25) is 0 Å². The number of benzene rings is 2. The van der Waals surface area contributed by atoms with Gasteiger partial charge in [0.25, 0.3) is 0 Å². The summed E-state index contributed by atoms with van der Waals surface area (Å²) in [5.74, 6) is -0.349. The third-order valence-electron chi connectivity index (χ3n) is 4.64. The number of halogens is 2. The minimum atomic E-state index is -0.349. The molecule has 0 spiro atoms. The van der Waals surface area contributed by atoms with Gasteiger partial charge in [0.05, 0.1) is 5.02 Å². The first kappa shape index (κ1) is 14.6. The normalized spacial score (nSPS) is 21.1. The maximum atomic E-state index is 13.6. The molecule has 0 aromatic heterocycles. The zero-order valence-corrected chi connectivity index (χ0v) is 12.7. The van der Waals surface area contributed by atoms with E-state index >= 15 is 0 Å². The Morgan fingerprint density at radius 1 is 1.10 bits per heavy atom. The SMILES string of the molecule is NCC1(Cc2cccc(F)c2Cl)CCc2ccccc2C1. The van der Waals surface area contributed by atoms with Crippen molar-refractivity contribution in [3.63, 3.8) is 0 Å². The molecule has 1 aliphatic rings. The second kappa shape index (κ2) is 5.78. The molecule has 3 heteroatoms. The Kier molecular flexibility index (Phi) is 4.01. The molecule has 0 saturated carbocycles. The van der Waals surface area contributed by atoms with Crippen molar-refractivity contribution in [2.24, 2.45) is 11.1 Å². The van der Waals surface area contributed by atoms with Crippen molar-refractivity contribution in [2.75, 3.05) is 6.54 Å². The molecule has 2 aromatic rings. The van der Waals surface area contributed by atoms with Crippen molar-refractivity contribution in [1.82, 2.24) is 0 Å². The predicted octanol–water partition coefficient (Wildman–Crippen LogP) is 4.16. The molecule has 3 rings (SSSR count). The second-order valence-electron chi connectivity index (χ2n) is 6.04. The molecule has 1 atom stereocenters. The highest BCUT2D eigenvalue weighted by atomic mass is 35.5. The van der Waals surface area contributed by atoms with Gasteiger partial charge in [-0.25, -0.2) is 4.39 Å². The van der Waals surface area contributed by atoms with Crippen molar-refractivity contribution < 1.29 is 4.39 Å². The molecular formula is C18H19ClFN. The lowest BCUT2D eigenvalue weighted by Gasteiger charge is -2.38. The summed E-state index contributed by atoms with van der Waals surface area (Å²) in [5, 5.41) is 0.240. The summed E-state index contributed by atoms with van der Waals surface area (Å²) in [7, 11) is 0. The van der Waals surface area contributed by atoms with E-state index in [1.807, 2.05) is 6.07 Å². The quantitative estimate of drug-likeness (QED) is 0.905. The van der Waals surface area contributed by atoms with E-state index in [4.69, 9.17) is 17.3 Å². The fourth-order valence-corrected chi connectivity index (χ4v) is 3.55. The van der Waals surface area contributed by atoms with Crippen LogP contribution in [-0.4, -0.2) is 6.54 Å². The summed E-state index contributed by atoms with van der Waals surface area (Å²) in [5.41, 5.74) is 9.71. The predicted molar refractivity (Wildman–Crippen MR) is 85.1 cm³/mol. The third-order valence-corrected chi connectivity index (χ3v) is 5.06. The topological polar surface area (TPSA) is 26.0 Å². The van der Waals surface area contributed by atoms with Gasteiger partial charge < -0.3 is 5.73 Å². The maximum absolute atomic E-state index is 13.6. The van der Waals surface area contributed by atoms with Crippen molar-refractivity contribution >= 4 is 11.6 Å². The third kappa shape index (κ3) is 2.83. The van der Waals surface area contributed by atoms with E-state index in [-0.39, 0.29) is 16.3 Å². The van der Waals surface area contributed by atoms with Crippen LogP contribution < -0.4 is 5.73 Å². The molecule has 21 heavy (non-hydrogen) atoms. The first-order chi connectivity index (χ1) is 10.1. The van der Waals surface area contributed by atoms with Crippen LogP contribution in [0.4, 0.5) is 4.39 Å². The number of fused-ring (bicyclic) bond motifs is 1. The molecule has 2 N–H and O–H groups in total. The molecule has 0 aliphatic heterocycles. The van der Waals surface area contributed by atoms with Gasteiger partial charge >= 0.3 is 0 Å². The highest BCUT2D eigenvalue weighted by Gasteiger charge is 2.34. The van der Waals surface area contributed by atoms with Gasteiger partial charge in [0.15, 0.2) is 0 Å². The minimum absolute atomic E-state index is 0.0220. The number of hydrogen-bond acceptors (Lipinski definition) is 1. The van der Waals surface area contributed by atoms with Crippen LogP contribution in [0.3, 0.4) is 0 Å². The Bertz CT molecular complexity index is 655. The van der Waals surface area contributed by atoms with E-state index in [2.05, 4.69) is 24.3 Å². The average Bonchev–Trinajstić information content (AvgIpc) is 2.52. The number of aryl methyl sites for hydroxylation is 1. The first-order valence-corrected chi connectivity index (χ1v) is 7.71. The van der Waals surface area contributed by atoms with Crippen molar-refractivity contribution in [3.05, 3.63) is 70.0 Å². The molecular weight excluding hydrogens is 285 g/mol. The largest absolute Gasteiger partial charge is 0.330 e. The summed E-state index contributed by atoms with van der Waals surface area (Å²) in [6.07, 6.45) is 3.72. The van der Waals surface area contributed by atoms with Crippen LogP contribution in [0.15, 0.2) is 42.5 Å². The van der Waals surface area contributed by atoms with E-state index < -0.39 is 0 Å². The molecule has 0 fully saturated rings. The molecule has 110 valence electrons. The smallest absolute Gasteiger partial charge is 0.142 e. The van der Waals surface area contributed by atoms with Crippen molar-refractivity contribution in [3.8, 4) is 0 Å².